The van der Waals surface area contributed by atoms with Crippen LogP contribution >= 0.6 is 23.2 Å². The number of benzene rings is 2. The highest BCUT2D eigenvalue weighted by Crippen LogP contribution is 2.31. The first-order valence-electron chi connectivity index (χ1n) is 7.07. The Morgan fingerprint density at radius 3 is 2.48 bits per heavy atom. The number of halogens is 2. The largest absolute Gasteiger partial charge is 0.457 e. The van der Waals surface area contributed by atoms with Crippen LogP contribution in [-0.4, -0.2) is 6.04 Å². The minimum Gasteiger partial charge on any atom is -0.457 e. The maximum atomic E-state index is 6.02. The standard InChI is InChI=1S/C17H17Cl2NO/c1-11-2-5-17(12(6-11)10-20-15-3-4-15)21-16-8-13(18)7-14(19)9-16/h2,5-9,15,20H,3-4,10H2,1H3. The predicted octanol–water partition coefficient (Wildman–Crippen LogP) is 5.35. The molecule has 2 aromatic carbocycles. The molecule has 0 spiro atoms. The third-order valence-electron chi connectivity index (χ3n) is 3.44. The molecule has 0 radical (unpaired) electrons. The Kier molecular flexibility index (Phi) is 4.39. The maximum absolute atomic E-state index is 6.02. The van der Waals surface area contributed by atoms with E-state index in [1.165, 1.54) is 18.4 Å². The van der Waals surface area contributed by atoms with Crippen LogP contribution in [0.2, 0.25) is 10.0 Å². The van der Waals surface area contributed by atoms with E-state index in [1.807, 2.05) is 12.1 Å². The molecule has 1 aliphatic carbocycles. The fourth-order valence-corrected chi connectivity index (χ4v) is 2.71. The van der Waals surface area contributed by atoms with Gasteiger partial charge in [-0.05, 0) is 44.0 Å². The molecular weight excluding hydrogens is 305 g/mol. The highest BCUT2D eigenvalue weighted by Gasteiger charge is 2.20. The summed E-state index contributed by atoms with van der Waals surface area (Å²) < 4.78 is 5.97. The lowest BCUT2D eigenvalue weighted by Crippen LogP contribution is -2.15. The van der Waals surface area contributed by atoms with Gasteiger partial charge in [-0.2, -0.15) is 0 Å². The van der Waals surface area contributed by atoms with Gasteiger partial charge in [0.15, 0.2) is 0 Å². The number of hydrogen-bond donors (Lipinski definition) is 1. The van der Waals surface area contributed by atoms with Crippen LogP contribution in [0.5, 0.6) is 11.5 Å². The van der Waals surface area contributed by atoms with E-state index in [0.29, 0.717) is 21.8 Å². The van der Waals surface area contributed by atoms with Gasteiger partial charge in [-0.15, -0.1) is 0 Å². The van der Waals surface area contributed by atoms with Crippen LogP contribution < -0.4 is 10.1 Å². The van der Waals surface area contributed by atoms with Gasteiger partial charge in [-0.1, -0.05) is 40.9 Å². The summed E-state index contributed by atoms with van der Waals surface area (Å²) in [4.78, 5) is 0. The number of aryl methyl sites for hydroxylation is 1. The quantitative estimate of drug-likeness (QED) is 0.801. The van der Waals surface area contributed by atoms with E-state index >= 15 is 0 Å². The summed E-state index contributed by atoms with van der Waals surface area (Å²) in [6.07, 6.45) is 2.54. The maximum Gasteiger partial charge on any atom is 0.131 e. The zero-order valence-electron chi connectivity index (χ0n) is 11.8. The van der Waals surface area contributed by atoms with Crippen molar-refractivity contribution in [3.05, 3.63) is 57.6 Å². The molecule has 0 unspecified atom stereocenters. The van der Waals surface area contributed by atoms with Gasteiger partial charge < -0.3 is 10.1 Å². The zero-order valence-corrected chi connectivity index (χ0v) is 13.3. The molecule has 0 aromatic heterocycles. The van der Waals surface area contributed by atoms with Crippen LogP contribution in [0.25, 0.3) is 0 Å². The first kappa shape index (κ1) is 14.7. The second-order valence-corrected chi connectivity index (χ2v) is 6.35. The van der Waals surface area contributed by atoms with Gasteiger partial charge in [0.2, 0.25) is 0 Å². The molecule has 1 fully saturated rings. The molecule has 1 N–H and O–H groups in total. The lowest BCUT2D eigenvalue weighted by molar-refractivity contribution is 0.472. The van der Waals surface area contributed by atoms with Crippen molar-refractivity contribution in [3.8, 4) is 11.5 Å². The highest BCUT2D eigenvalue weighted by atomic mass is 35.5. The molecule has 4 heteroatoms. The van der Waals surface area contributed by atoms with Crippen LogP contribution in [0, 0.1) is 6.92 Å². The van der Waals surface area contributed by atoms with E-state index in [9.17, 15) is 0 Å². The van der Waals surface area contributed by atoms with Gasteiger partial charge in [0.1, 0.15) is 11.5 Å². The Bertz CT molecular complexity index is 633. The van der Waals surface area contributed by atoms with Crippen LogP contribution in [0.15, 0.2) is 36.4 Å². The monoisotopic (exact) mass is 321 g/mol. The summed E-state index contributed by atoms with van der Waals surface area (Å²) in [7, 11) is 0. The summed E-state index contributed by atoms with van der Waals surface area (Å²) in [5.74, 6) is 1.50. The van der Waals surface area contributed by atoms with Crippen molar-refractivity contribution < 1.29 is 4.74 Å². The van der Waals surface area contributed by atoms with Gasteiger partial charge in [0, 0.05) is 28.2 Å². The molecule has 1 saturated carbocycles. The van der Waals surface area contributed by atoms with Gasteiger partial charge in [0.25, 0.3) is 0 Å². The molecule has 2 aromatic rings. The molecule has 110 valence electrons. The molecule has 0 amide bonds. The molecule has 0 aliphatic heterocycles. The topological polar surface area (TPSA) is 21.3 Å². The molecule has 0 bridgehead atoms. The van der Waals surface area contributed by atoms with Crippen molar-refractivity contribution in [2.75, 3.05) is 0 Å². The fourth-order valence-electron chi connectivity index (χ4n) is 2.20. The Balaban J connectivity index is 1.82. The molecule has 21 heavy (non-hydrogen) atoms. The third kappa shape index (κ3) is 4.13. The molecular formula is C17H17Cl2NO. The van der Waals surface area contributed by atoms with Crippen molar-refractivity contribution in [2.45, 2.75) is 32.4 Å². The van der Waals surface area contributed by atoms with Crippen LogP contribution in [0.3, 0.4) is 0 Å². The van der Waals surface area contributed by atoms with Crippen LogP contribution in [-0.2, 0) is 6.54 Å². The SMILES string of the molecule is Cc1ccc(Oc2cc(Cl)cc(Cl)c2)c(CNC2CC2)c1. The Hall–Kier alpha value is -1.22. The average molecular weight is 322 g/mol. The number of nitrogens with one attached hydrogen (secondary N) is 1. The predicted molar refractivity (Wildman–Crippen MR) is 87.6 cm³/mol. The number of rotatable bonds is 5. The van der Waals surface area contributed by atoms with Gasteiger partial charge in [0.05, 0.1) is 0 Å². The molecule has 3 rings (SSSR count). The van der Waals surface area contributed by atoms with Crippen molar-refractivity contribution in [1.82, 2.24) is 5.32 Å². The van der Waals surface area contributed by atoms with E-state index < -0.39 is 0 Å². The van der Waals surface area contributed by atoms with Crippen molar-refractivity contribution in [1.29, 1.82) is 0 Å². The van der Waals surface area contributed by atoms with E-state index in [4.69, 9.17) is 27.9 Å². The summed E-state index contributed by atoms with van der Waals surface area (Å²) in [6, 6.07) is 12.1. The van der Waals surface area contributed by atoms with Gasteiger partial charge >= 0.3 is 0 Å². The molecule has 0 heterocycles. The Labute approximate surface area is 135 Å². The Morgan fingerprint density at radius 2 is 1.81 bits per heavy atom. The first-order valence-corrected chi connectivity index (χ1v) is 7.82. The second kappa shape index (κ2) is 6.27. The van der Waals surface area contributed by atoms with Crippen molar-refractivity contribution >= 4 is 23.2 Å². The van der Waals surface area contributed by atoms with Gasteiger partial charge in [-0.25, -0.2) is 0 Å². The molecule has 2 nitrogen and oxygen atoms in total. The summed E-state index contributed by atoms with van der Waals surface area (Å²) in [5, 5.41) is 4.66. The zero-order chi connectivity index (χ0) is 14.8. The lowest BCUT2D eigenvalue weighted by atomic mass is 10.1. The average Bonchev–Trinajstić information content (AvgIpc) is 3.22. The van der Waals surface area contributed by atoms with Crippen LogP contribution in [0.4, 0.5) is 0 Å². The lowest BCUT2D eigenvalue weighted by Gasteiger charge is -2.13. The van der Waals surface area contributed by atoms with Crippen LogP contribution in [0.1, 0.15) is 24.0 Å². The normalized spacial score (nSPS) is 14.2. The summed E-state index contributed by atoms with van der Waals surface area (Å²) in [6.45, 7) is 2.90. The molecule has 0 atom stereocenters. The molecule has 1 aliphatic rings. The smallest absolute Gasteiger partial charge is 0.131 e. The number of ether oxygens (including phenoxy) is 1. The summed E-state index contributed by atoms with van der Waals surface area (Å²) in [5.41, 5.74) is 2.37. The number of hydrogen-bond acceptors (Lipinski definition) is 2. The van der Waals surface area contributed by atoms with Gasteiger partial charge in [-0.3, -0.25) is 0 Å². The highest BCUT2D eigenvalue weighted by molar-refractivity contribution is 6.34. The van der Waals surface area contributed by atoms with Crippen molar-refractivity contribution in [3.63, 3.8) is 0 Å². The first-order chi connectivity index (χ1) is 10.1. The van der Waals surface area contributed by atoms with E-state index in [1.54, 1.807) is 18.2 Å². The third-order valence-corrected chi connectivity index (χ3v) is 3.87. The fraction of sp³-hybridized carbons (Fsp3) is 0.294. The summed E-state index contributed by atoms with van der Waals surface area (Å²) >= 11 is 12.0. The Morgan fingerprint density at radius 1 is 1.10 bits per heavy atom. The minimum atomic E-state index is 0.572. The second-order valence-electron chi connectivity index (χ2n) is 5.47. The van der Waals surface area contributed by atoms with E-state index in [-0.39, 0.29) is 0 Å². The van der Waals surface area contributed by atoms with E-state index in [0.717, 1.165) is 17.9 Å². The van der Waals surface area contributed by atoms with Crippen molar-refractivity contribution in [2.24, 2.45) is 0 Å². The molecule has 0 saturated heterocycles. The minimum absolute atomic E-state index is 0.572. The van der Waals surface area contributed by atoms with E-state index in [2.05, 4.69) is 18.3 Å².